The Labute approximate surface area is 274 Å². The fourth-order valence-electron chi connectivity index (χ4n) is 6.33. The van der Waals surface area contributed by atoms with Gasteiger partial charge in [0, 0.05) is 20.0 Å². The molecule has 0 radical (unpaired) electrons. The standard InChI is InChI=1S/C36H38FN5O5/c1-7-16-40-20-25(17-23-8-14-29(44-3)31(18-23)46-5)33-28(21-40)34(24-9-15-30(45-4)32(19-24)47-6)41-35(22(2)43)39-42(36(41)38-33)27-12-10-26(37)11-13-27/h8-15,17-19,34H,7,16,20-21H2,1-6H3. The number of benzene rings is 3. The van der Waals surface area contributed by atoms with Crippen LogP contribution in [0.5, 0.6) is 23.0 Å². The first-order valence-electron chi connectivity index (χ1n) is 15.4. The summed E-state index contributed by atoms with van der Waals surface area (Å²) < 4.78 is 36.3. The predicted molar refractivity (Wildman–Crippen MR) is 180 cm³/mol. The summed E-state index contributed by atoms with van der Waals surface area (Å²) >= 11 is 0. The summed E-state index contributed by atoms with van der Waals surface area (Å²) in [6.07, 6.45) is 3.08. The number of methoxy groups -OCH3 is 4. The number of ether oxygens (including phenoxy) is 4. The molecule has 0 aliphatic carbocycles. The number of hydrogen-bond acceptors (Lipinski definition) is 10. The fourth-order valence-corrected chi connectivity index (χ4v) is 6.33. The van der Waals surface area contributed by atoms with E-state index in [4.69, 9.17) is 29.0 Å². The van der Waals surface area contributed by atoms with Gasteiger partial charge < -0.3 is 18.9 Å². The van der Waals surface area contributed by atoms with Crippen LogP contribution in [0.3, 0.4) is 0 Å². The van der Waals surface area contributed by atoms with Crippen molar-refractivity contribution in [3.63, 3.8) is 0 Å². The van der Waals surface area contributed by atoms with E-state index in [1.54, 1.807) is 45.6 Å². The minimum atomic E-state index is -0.459. The van der Waals surface area contributed by atoms with E-state index in [1.807, 2.05) is 41.3 Å². The molecule has 0 saturated heterocycles. The maximum absolute atomic E-state index is 14.0. The van der Waals surface area contributed by atoms with Gasteiger partial charge in [-0.3, -0.25) is 14.6 Å². The Morgan fingerprint density at radius 3 is 2.19 bits per heavy atom. The normalized spacial score (nSPS) is 18.4. The van der Waals surface area contributed by atoms with E-state index in [1.165, 1.54) is 19.1 Å². The van der Waals surface area contributed by atoms with Crippen molar-refractivity contribution in [2.75, 3.05) is 53.1 Å². The fraction of sp³-hybridized carbons (Fsp3) is 0.306. The average Bonchev–Trinajstić information content (AvgIpc) is 3.47. The van der Waals surface area contributed by atoms with Gasteiger partial charge in [-0.15, -0.1) is 5.10 Å². The van der Waals surface area contributed by atoms with Gasteiger partial charge in [-0.2, -0.15) is 5.01 Å². The lowest BCUT2D eigenvalue weighted by atomic mass is 9.87. The number of ketones is 1. The molecule has 0 bridgehead atoms. The molecule has 3 heterocycles. The number of anilines is 1. The Bertz CT molecular complexity index is 1820. The van der Waals surface area contributed by atoms with Crippen LogP contribution in [-0.2, 0) is 4.79 Å². The summed E-state index contributed by atoms with van der Waals surface area (Å²) in [6, 6.07) is 17.1. The summed E-state index contributed by atoms with van der Waals surface area (Å²) in [5.41, 5.74) is 5.21. The largest absolute Gasteiger partial charge is 0.493 e. The van der Waals surface area contributed by atoms with Gasteiger partial charge in [-0.05, 0) is 89.8 Å². The third-order valence-electron chi connectivity index (χ3n) is 8.42. The first-order valence-corrected chi connectivity index (χ1v) is 15.4. The minimum Gasteiger partial charge on any atom is -0.493 e. The molecule has 3 aromatic rings. The second-order valence-electron chi connectivity index (χ2n) is 11.4. The van der Waals surface area contributed by atoms with Crippen LogP contribution in [-0.4, -0.2) is 75.5 Å². The molecule has 6 rings (SSSR count). The molecular formula is C36H38FN5O5. The highest BCUT2D eigenvalue weighted by Crippen LogP contribution is 2.45. The van der Waals surface area contributed by atoms with Gasteiger partial charge in [-0.1, -0.05) is 19.1 Å². The second kappa shape index (κ2) is 13.3. The number of hydrazone groups is 1. The van der Waals surface area contributed by atoms with Crippen LogP contribution in [0, 0.1) is 5.82 Å². The van der Waals surface area contributed by atoms with Gasteiger partial charge >= 0.3 is 0 Å². The van der Waals surface area contributed by atoms with E-state index in [0.29, 0.717) is 47.7 Å². The minimum absolute atomic E-state index is 0.223. The second-order valence-corrected chi connectivity index (χ2v) is 11.4. The van der Waals surface area contributed by atoms with Crippen molar-refractivity contribution in [1.29, 1.82) is 0 Å². The van der Waals surface area contributed by atoms with Crippen LogP contribution in [0.15, 0.2) is 87.6 Å². The average molecular weight is 640 g/mol. The quantitative estimate of drug-likeness (QED) is 0.265. The number of amidine groups is 1. The van der Waals surface area contributed by atoms with E-state index in [9.17, 15) is 9.18 Å². The van der Waals surface area contributed by atoms with Crippen molar-refractivity contribution in [2.24, 2.45) is 10.1 Å². The molecule has 3 aliphatic heterocycles. The molecule has 0 N–H and O–H groups in total. The van der Waals surface area contributed by atoms with Gasteiger partial charge in [0.15, 0.2) is 34.6 Å². The number of aliphatic imine (C=N–C) groups is 1. The molecule has 1 atom stereocenters. The van der Waals surface area contributed by atoms with E-state index in [-0.39, 0.29) is 17.4 Å². The first kappa shape index (κ1) is 31.8. The first-order chi connectivity index (χ1) is 22.8. The molecule has 0 amide bonds. The number of hydrogen-bond donors (Lipinski definition) is 0. The Kier molecular flexibility index (Phi) is 8.99. The molecule has 1 unspecified atom stereocenters. The molecule has 0 saturated carbocycles. The molecule has 0 aromatic heterocycles. The third-order valence-corrected chi connectivity index (χ3v) is 8.42. The number of rotatable bonds is 10. The van der Waals surface area contributed by atoms with Crippen LogP contribution >= 0.6 is 0 Å². The van der Waals surface area contributed by atoms with Crippen LogP contribution in [0.2, 0.25) is 0 Å². The van der Waals surface area contributed by atoms with E-state index in [2.05, 4.69) is 17.9 Å². The van der Waals surface area contributed by atoms with Crippen molar-refractivity contribution in [3.8, 4) is 23.0 Å². The molecule has 0 spiro atoms. The summed E-state index contributed by atoms with van der Waals surface area (Å²) in [7, 11) is 6.42. The zero-order valence-corrected chi connectivity index (χ0v) is 27.4. The molecule has 11 heteroatoms. The summed E-state index contributed by atoms with van der Waals surface area (Å²) in [5, 5.41) is 6.39. The smallest absolute Gasteiger partial charge is 0.234 e. The van der Waals surface area contributed by atoms with Crippen LogP contribution in [0.25, 0.3) is 6.08 Å². The molecular weight excluding hydrogens is 601 g/mol. The highest BCUT2D eigenvalue weighted by Gasteiger charge is 2.46. The lowest BCUT2D eigenvalue weighted by Gasteiger charge is -2.42. The van der Waals surface area contributed by atoms with Gasteiger partial charge in [-0.25, -0.2) is 9.38 Å². The lowest BCUT2D eigenvalue weighted by molar-refractivity contribution is -0.111. The Hall–Kier alpha value is -5.16. The zero-order valence-electron chi connectivity index (χ0n) is 27.4. The number of halogens is 1. The van der Waals surface area contributed by atoms with Crippen molar-refractivity contribution in [1.82, 2.24) is 9.80 Å². The lowest BCUT2D eigenvalue weighted by Crippen LogP contribution is -2.48. The molecule has 244 valence electrons. The van der Waals surface area contributed by atoms with Crippen molar-refractivity contribution in [3.05, 3.63) is 94.5 Å². The van der Waals surface area contributed by atoms with Crippen LogP contribution < -0.4 is 24.0 Å². The van der Waals surface area contributed by atoms with Crippen molar-refractivity contribution >= 4 is 29.3 Å². The van der Waals surface area contributed by atoms with Crippen molar-refractivity contribution in [2.45, 2.75) is 26.3 Å². The highest BCUT2D eigenvalue weighted by atomic mass is 19.1. The van der Waals surface area contributed by atoms with Gasteiger partial charge in [0.1, 0.15) is 5.82 Å². The molecule has 47 heavy (non-hydrogen) atoms. The third kappa shape index (κ3) is 5.94. The molecule has 3 aromatic carbocycles. The van der Waals surface area contributed by atoms with Crippen LogP contribution in [0.4, 0.5) is 10.1 Å². The van der Waals surface area contributed by atoms with E-state index in [0.717, 1.165) is 40.9 Å². The number of Topliss-reactive ketones (excluding diaryl/α,β-unsaturated/α-hetero) is 1. The van der Waals surface area contributed by atoms with Gasteiger partial charge in [0.25, 0.3) is 0 Å². The number of guanidine groups is 1. The summed E-state index contributed by atoms with van der Waals surface area (Å²) in [4.78, 5) is 22.8. The molecule has 0 fully saturated rings. The van der Waals surface area contributed by atoms with Gasteiger partial charge in [0.2, 0.25) is 5.96 Å². The Morgan fingerprint density at radius 2 is 1.55 bits per heavy atom. The summed E-state index contributed by atoms with van der Waals surface area (Å²) in [5.74, 6) is 2.51. The topological polar surface area (TPSA) is 88.4 Å². The van der Waals surface area contributed by atoms with Crippen molar-refractivity contribution < 1.29 is 28.1 Å². The summed E-state index contributed by atoms with van der Waals surface area (Å²) in [6.45, 7) is 5.80. The van der Waals surface area contributed by atoms with Crippen LogP contribution in [0.1, 0.15) is 37.4 Å². The SMILES string of the molecule is CCCN1CC(=Cc2ccc(OC)c(OC)c2)C2=C(C1)C(c1ccc(OC)c(OC)c1)N1C(C(C)=O)=NN(c3ccc(F)cc3)C1=N2. The monoisotopic (exact) mass is 639 g/mol. The predicted octanol–water partition coefficient (Wildman–Crippen LogP) is 6.06. The number of fused-ring (bicyclic) bond motifs is 1. The maximum Gasteiger partial charge on any atom is 0.234 e. The number of nitrogens with zero attached hydrogens (tertiary/aromatic N) is 5. The van der Waals surface area contributed by atoms with Gasteiger partial charge in [0.05, 0.1) is 45.9 Å². The Balaban J connectivity index is 1.60. The maximum atomic E-state index is 14.0. The molecule has 10 nitrogen and oxygen atoms in total. The van der Waals surface area contributed by atoms with E-state index >= 15 is 0 Å². The molecule has 3 aliphatic rings. The Morgan fingerprint density at radius 1 is 0.894 bits per heavy atom. The number of carbonyl (C=O) groups is 1. The highest BCUT2D eigenvalue weighted by molar-refractivity contribution is 6.43. The van der Waals surface area contributed by atoms with E-state index < -0.39 is 6.04 Å². The number of carbonyl (C=O) groups excluding carboxylic acids is 1. The zero-order chi connectivity index (χ0) is 33.2.